The Morgan fingerprint density at radius 3 is 2.64 bits per heavy atom. The molecule has 3 rings (SSSR count). The van der Waals surface area contributed by atoms with Crippen molar-refractivity contribution < 1.29 is 23.6 Å². The third-order valence-electron chi connectivity index (χ3n) is 3.15. The minimum Gasteiger partial charge on any atom is -0.618 e. The molecule has 0 saturated heterocycles. The van der Waals surface area contributed by atoms with Gasteiger partial charge in [-0.15, -0.1) is 10.2 Å². The smallest absolute Gasteiger partial charge is 0.405 e. The van der Waals surface area contributed by atoms with Gasteiger partial charge in [-0.2, -0.15) is 4.73 Å². The Morgan fingerprint density at radius 2 is 1.96 bits per heavy atom. The number of rotatable bonds is 5. The number of nitro groups is 1. The lowest BCUT2D eigenvalue weighted by atomic mass is 10.2. The summed E-state index contributed by atoms with van der Waals surface area (Å²) in [6.45, 7) is -0.312. The maximum atomic E-state index is 11.8. The van der Waals surface area contributed by atoms with Gasteiger partial charge in [-0.05, 0) is 18.2 Å². The van der Waals surface area contributed by atoms with Gasteiger partial charge in [0.2, 0.25) is 5.89 Å². The molecule has 2 aromatic heterocycles. The lowest BCUT2D eigenvalue weighted by Crippen LogP contribution is -2.34. The highest BCUT2D eigenvalue weighted by atomic mass is 16.6. The number of carbonyl (C=O) groups is 1. The van der Waals surface area contributed by atoms with E-state index in [1.165, 1.54) is 48.7 Å². The number of aromatic nitrogens is 3. The van der Waals surface area contributed by atoms with E-state index in [9.17, 15) is 20.1 Å². The van der Waals surface area contributed by atoms with Gasteiger partial charge in [0, 0.05) is 29.8 Å². The van der Waals surface area contributed by atoms with Crippen molar-refractivity contribution in [3.8, 4) is 11.5 Å². The summed E-state index contributed by atoms with van der Waals surface area (Å²) in [5.41, 5.74) is 0.250. The molecule has 0 aliphatic heterocycles. The van der Waals surface area contributed by atoms with Crippen LogP contribution in [0, 0.1) is 15.3 Å². The number of non-ortho nitro benzene ring substituents is 1. The molecule has 1 aromatic carbocycles. The van der Waals surface area contributed by atoms with E-state index in [0.717, 1.165) is 0 Å². The van der Waals surface area contributed by atoms with Gasteiger partial charge in [0.1, 0.15) is 0 Å². The summed E-state index contributed by atoms with van der Waals surface area (Å²) in [7, 11) is 0. The molecule has 0 spiro atoms. The molecule has 0 fully saturated rings. The molecule has 25 heavy (non-hydrogen) atoms. The largest absolute Gasteiger partial charge is 0.618 e. The van der Waals surface area contributed by atoms with Crippen molar-refractivity contribution in [1.82, 2.24) is 10.2 Å². The van der Waals surface area contributed by atoms with Gasteiger partial charge in [-0.3, -0.25) is 10.1 Å². The summed E-state index contributed by atoms with van der Waals surface area (Å²) in [6, 6.07) is 9.88. The van der Waals surface area contributed by atoms with Crippen LogP contribution < -0.4 is 4.73 Å². The first-order valence-electron chi connectivity index (χ1n) is 6.97. The van der Waals surface area contributed by atoms with E-state index in [1.807, 2.05) is 0 Å². The first kappa shape index (κ1) is 16.1. The van der Waals surface area contributed by atoms with Gasteiger partial charge >= 0.3 is 11.7 Å². The van der Waals surface area contributed by atoms with Crippen molar-refractivity contribution in [1.29, 1.82) is 0 Å². The maximum absolute atomic E-state index is 11.8. The van der Waals surface area contributed by atoms with Gasteiger partial charge in [0.15, 0.2) is 12.8 Å². The molecule has 0 aliphatic carbocycles. The first-order valence-corrected chi connectivity index (χ1v) is 6.97. The highest BCUT2D eigenvalue weighted by Gasteiger charge is 2.18. The average molecular weight is 342 g/mol. The summed E-state index contributed by atoms with van der Waals surface area (Å²) >= 11 is 0. The zero-order valence-corrected chi connectivity index (χ0v) is 12.6. The molecule has 0 aliphatic rings. The summed E-state index contributed by atoms with van der Waals surface area (Å²) in [4.78, 5) is 21.9. The van der Waals surface area contributed by atoms with E-state index >= 15 is 0 Å². The van der Waals surface area contributed by atoms with Crippen LogP contribution in [0.15, 0.2) is 53.1 Å². The summed E-state index contributed by atoms with van der Waals surface area (Å²) in [5.74, 6) is -0.680. The first-order chi connectivity index (χ1) is 12.0. The Morgan fingerprint density at radius 1 is 1.20 bits per heavy atom. The van der Waals surface area contributed by atoms with E-state index in [4.69, 9.17) is 9.15 Å². The second kappa shape index (κ2) is 6.74. The number of nitrogens with zero attached hydrogens (tertiary/aromatic N) is 4. The minimum absolute atomic E-state index is 0.0232. The molecule has 126 valence electrons. The van der Waals surface area contributed by atoms with Crippen molar-refractivity contribution in [2.45, 2.75) is 6.61 Å². The summed E-state index contributed by atoms with van der Waals surface area (Å²) in [5, 5.41) is 29.6. The minimum atomic E-state index is -0.828. The fraction of sp³-hybridized carbons (Fsp3) is 0.0667. The predicted octanol–water partition coefficient (Wildman–Crippen LogP) is 1.64. The summed E-state index contributed by atoms with van der Waals surface area (Å²) in [6.07, 6.45) is 1.18. The fourth-order valence-corrected chi connectivity index (χ4v) is 1.94. The standard InChI is InChI=1S/C15H10N4O6/c20-15(12-3-1-2-8-18(12)21)24-9-13-16-17-14(25-13)10-4-6-11(7-5-10)19(22)23/h1-8H,9H2. The van der Waals surface area contributed by atoms with Crippen LogP contribution in [-0.2, 0) is 11.3 Å². The Balaban J connectivity index is 1.67. The average Bonchev–Trinajstić information content (AvgIpc) is 3.09. The van der Waals surface area contributed by atoms with Crippen LogP contribution in [0.2, 0.25) is 0 Å². The van der Waals surface area contributed by atoms with Gasteiger partial charge in [-0.25, -0.2) is 4.79 Å². The van der Waals surface area contributed by atoms with E-state index < -0.39 is 10.9 Å². The number of benzene rings is 1. The predicted molar refractivity (Wildman–Crippen MR) is 80.9 cm³/mol. The van der Waals surface area contributed by atoms with E-state index in [0.29, 0.717) is 10.3 Å². The number of nitro benzene ring substituents is 1. The van der Waals surface area contributed by atoms with Crippen molar-refractivity contribution >= 4 is 11.7 Å². The Labute approximate surface area is 140 Å². The molecule has 10 nitrogen and oxygen atoms in total. The highest BCUT2D eigenvalue weighted by Crippen LogP contribution is 2.21. The monoisotopic (exact) mass is 342 g/mol. The summed E-state index contributed by atoms with van der Waals surface area (Å²) < 4.78 is 10.7. The molecule has 0 bridgehead atoms. The molecule has 2 heterocycles. The third-order valence-corrected chi connectivity index (χ3v) is 3.15. The molecule has 10 heteroatoms. The Bertz CT molecular complexity index is 922. The molecule has 0 N–H and O–H groups in total. The second-order valence-corrected chi connectivity index (χ2v) is 4.79. The number of carbonyl (C=O) groups excluding carboxylic acids is 1. The molecular formula is C15H10N4O6. The van der Waals surface area contributed by atoms with Gasteiger partial charge in [-0.1, -0.05) is 0 Å². The van der Waals surface area contributed by atoms with Crippen LogP contribution in [0.5, 0.6) is 0 Å². The number of esters is 1. The van der Waals surface area contributed by atoms with Crippen LogP contribution in [0.1, 0.15) is 16.4 Å². The van der Waals surface area contributed by atoms with Crippen LogP contribution in [0.3, 0.4) is 0 Å². The lowest BCUT2D eigenvalue weighted by Gasteiger charge is -2.02. The van der Waals surface area contributed by atoms with Gasteiger partial charge in [0.05, 0.1) is 4.92 Å². The van der Waals surface area contributed by atoms with Crippen LogP contribution in [0.4, 0.5) is 5.69 Å². The number of hydrogen-bond acceptors (Lipinski definition) is 8. The number of pyridine rings is 1. The molecule has 3 aromatic rings. The van der Waals surface area contributed by atoms with Crippen LogP contribution >= 0.6 is 0 Å². The molecule has 0 unspecified atom stereocenters. The fourth-order valence-electron chi connectivity index (χ4n) is 1.94. The quantitative estimate of drug-likeness (QED) is 0.224. The van der Waals surface area contributed by atoms with Crippen molar-refractivity contribution in [3.63, 3.8) is 0 Å². The van der Waals surface area contributed by atoms with E-state index in [2.05, 4.69) is 10.2 Å². The zero-order valence-electron chi connectivity index (χ0n) is 12.6. The zero-order chi connectivity index (χ0) is 17.8. The molecule has 0 atom stereocenters. The SMILES string of the molecule is O=C(OCc1nnc(-c2ccc([N+](=O)[O-])cc2)o1)c1cccc[n+]1[O-]. The second-order valence-electron chi connectivity index (χ2n) is 4.79. The topological polar surface area (TPSA) is 135 Å². The maximum Gasteiger partial charge on any atom is 0.405 e. The van der Waals surface area contributed by atoms with Gasteiger partial charge in [0.25, 0.3) is 11.6 Å². The molecular weight excluding hydrogens is 332 g/mol. The van der Waals surface area contributed by atoms with E-state index in [-0.39, 0.29) is 29.8 Å². The van der Waals surface area contributed by atoms with E-state index in [1.54, 1.807) is 0 Å². The van der Waals surface area contributed by atoms with Crippen LogP contribution in [-0.4, -0.2) is 21.1 Å². The van der Waals surface area contributed by atoms with Crippen molar-refractivity contribution in [3.05, 3.63) is 75.6 Å². The van der Waals surface area contributed by atoms with Crippen molar-refractivity contribution in [2.75, 3.05) is 0 Å². The molecule has 0 saturated carbocycles. The van der Waals surface area contributed by atoms with Crippen LogP contribution in [0.25, 0.3) is 11.5 Å². The van der Waals surface area contributed by atoms with Gasteiger partial charge < -0.3 is 14.4 Å². The lowest BCUT2D eigenvalue weighted by molar-refractivity contribution is -0.608. The molecule has 0 amide bonds. The normalized spacial score (nSPS) is 10.4. The molecule has 0 radical (unpaired) electrons. The van der Waals surface area contributed by atoms with Crippen molar-refractivity contribution in [2.24, 2.45) is 0 Å². The number of hydrogen-bond donors (Lipinski definition) is 0. The third kappa shape index (κ3) is 3.58. The Hall–Kier alpha value is -3.82. The Kier molecular flexibility index (Phi) is 4.33. The number of ether oxygens (including phenoxy) is 1. The highest BCUT2D eigenvalue weighted by molar-refractivity contribution is 5.85.